The number of benzene rings is 1. The Bertz CT molecular complexity index is 531. The molecular weight excluding hydrogens is 302 g/mol. The van der Waals surface area contributed by atoms with Gasteiger partial charge in [0.25, 0.3) is 0 Å². The Morgan fingerprint density at radius 1 is 1.17 bits per heavy atom. The number of rotatable bonds is 6. The van der Waals surface area contributed by atoms with E-state index >= 15 is 0 Å². The van der Waals surface area contributed by atoms with Crippen LogP contribution in [0.15, 0.2) is 30.3 Å². The molecule has 0 aliphatic carbocycles. The van der Waals surface area contributed by atoms with E-state index in [1.54, 1.807) is 0 Å². The van der Waals surface area contributed by atoms with Crippen LogP contribution < -0.4 is 0 Å². The molecule has 24 heavy (non-hydrogen) atoms. The first-order valence-corrected chi connectivity index (χ1v) is 9.13. The topological polar surface area (TPSA) is 38.8 Å². The van der Waals surface area contributed by atoms with E-state index < -0.39 is 0 Å². The first kappa shape index (κ1) is 17.4. The second kappa shape index (κ2) is 7.66. The van der Waals surface area contributed by atoms with Crippen molar-refractivity contribution in [2.45, 2.75) is 69.7 Å². The first-order chi connectivity index (χ1) is 11.5. The maximum absolute atomic E-state index is 12.8. The molecule has 0 radical (unpaired) electrons. The van der Waals surface area contributed by atoms with Crippen molar-refractivity contribution in [1.82, 2.24) is 4.90 Å². The average molecular weight is 331 g/mol. The molecule has 2 saturated heterocycles. The highest BCUT2D eigenvalue weighted by molar-refractivity contribution is 5.78. The zero-order valence-corrected chi connectivity index (χ0v) is 15.0. The highest BCUT2D eigenvalue weighted by Gasteiger charge is 2.40. The van der Waals surface area contributed by atoms with Gasteiger partial charge < -0.3 is 14.4 Å². The smallest absolute Gasteiger partial charge is 0.316 e. The van der Waals surface area contributed by atoms with Crippen molar-refractivity contribution >= 4 is 5.97 Å². The third kappa shape index (κ3) is 3.98. The molecule has 0 spiro atoms. The van der Waals surface area contributed by atoms with Crippen LogP contribution in [0.25, 0.3) is 0 Å². The SMILES string of the molecule is CC(C)OCC(C(=O)O[C@H]1C[C@H]2CC[C@@H](C1)N2C)c1ccccc1. The Hall–Kier alpha value is -1.39. The molecule has 0 aromatic heterocycles. The lowest BCUT2D eigenvalue weighted by Crippen LogP contribution is -2.44. The van der Waals surface area contributed by atoms with Crippen LogP contribution in [0, 0.1) is 0 Å². The van der Waals surface area contributed by atoms with E-state index in [9.17, 15) is 4.79 Å². The lowest BCUT2D eigenvalue weighted by atomic mass is 9.98. The molecule has 0 amide bonds. The van der Waals surface area contributed by atoms with Gasteiger partial charge in [0.05, 0.1) is 12.7 Å². The van der Waals surface area contributed by atoms with Gasteiger partial charge in [-0.15, -0.1) is 0 Å². The van der Waals surface area contributed by atoms with Gasteiger partial charge in [-0.05, 0) is 52.1 Å². The van der Waals surface area contributed by atoms with Gasteiger partial charge in [0, 0.05) is 12.1 Å². The van der Waals surface area contributed by atoms with Crippen molar-refractivity contribution in [3.05, 3.63) is 35.9 Å². The standard InChI is InChI=1S/C20H29NO3/c1-14(2)23-13-19(15-7-5-4-6-8-15)20(22)24-18-11-16-9-10-17(12-18)21(16)3/h4-8,14,16-19H,9-13H2,1-3H3/t16-,17+,18+,19?. The van der Waals surface area contributed by atoms with E-state index in [1.165, 1.54) is 12.8 Å². The van der Waals surface area contributed by atoms with Gasteiger partial charge >= 0.3 is 5.97 Å². The van der Waals surface area contributed by atoms with Gasteiger partial charge in [0.15, 0.2) is 0 Å². The molecule has 2 fully saturated rings. The van der Waals surface area contributed by atoms with Gasteiger partial charge in [-0.1, -0.05) is 30.3 Å². The van der Waals surface area contributed by atoms with E-state index in [1.807, 2.05) is 44.2 Å². The minimum atomic E-state index is -0.342. The maximum Gasteiger partial charge on any atom is 0.316 e. The van der Waals surface area contributed by atoms with E-state index in [2.05, 4.69) is 11.9 Å². The molecule has 1 aromatic rings. The molecule has 2 aliphatic rings. The summed E-state index contributed by atoms with van der Waals surface area (Å²) in [5.74, 6) is -0.485. The monoisotopic (exact) mass is 331 g/mol. The number of carbonyl (C=O) groups excluding carboxylic acids is 1. The summed E-state index contributed by atoms with van der Waals surface area (Å²) in [6, 6.07) is 11.0. The minimum Gasteiger partial charge on any atom is -0.462 e. The van der Waals surface area contributed by atoms with Gasteiger partial charge in [-0.3, -0.25) is 4.79 Å². The number of piperidine rings is 1. The van der Waals surface area contributed by atoms with E-state index in [-0.39, 0.29) is 24.1 Å². The molecule has 3 rings (SSSR count). The molecule has 4 heteroatoms. The zero-order chi connectivity index (χ0) is 17.1. The number of hydrogen-bond donors (Lipinski definition) is 0. The Labute approximate surface area is 145 Å². The van der Waals surface area contributed by atoms with Crippen molar-refractivity contribution in [2.24, 2.45) is 0 Å². The summed E-state index contributed by atoms with van der Waals surface area (Å²) in [7, 11) is 2.20. The van der Waals surface area contributed by atoms with Crippen LogP contribution in [-0.2, 0) is 14.3 Å². The second-order valence-corrected chi connectivity index (χ2v) is 7.43. The van der Waals surface area contributed by atoms with Crippen LogP contribution in [0.5, 0.6) is 0 Å². The van der Waals surface area contributed by atoms with Crippen molar-refractivity contribution in [1.29, 1.82) is 0 Å². The number of hydrogen-bond acceptors (Lipinski definition) is 4. The number of ether oxygens (including phenoxy) is 2. The summed E-state index contributed by atoms with van der Waals surface area (Å²) < 4.78 is 11.7. The van der Waals surface area contributed by atoms with E-state index in [4.69, 9.17) is 9.47 Å². The number of esters is 1. The van der Waals surface area contributed by atoms with Crippen LogP contribution in [0.1, 0.15) is 51.0 Å². The predicted molar refractivity (Wildman–Crippen MR) is 94.0 cm³/mol. The lowest BCUT2D eigenvalue weighted by Gasteiger charge is -2.36. The van der Waals surface area contributed by atoms with Crippen molar-refractivity contribution in [2.75, 3.05) is 13.7 Å². The molecule has 1 aromatic carbocycles. The summed E-state index contributed by atoms with van der Waals surface area (Å²) in [4.78, 5) is 15.3. The van der Waals surface area contributed by atoms with Gasteiger partial charge in [-0.25, -0.2) is 0 Å². The third-order valence-electron chi connectivity index (χ3n) is 5.42. The Morgan fingerprint density at radius 3 is 2.38 bits per heavy atom. The Balaban J connectivity index is 1.65. The van der Waals surface area contributed by atoms with Crippen LogP contribution in [0.3, 0.4) is 0 Å². The van der Waals surface area contributed by atoms with Crippen molar-refractivity contribution in [3.8, 4) is 0 Å². The summed E-state index contributed by atoms with van der Waals surface area (Å²) in [5, 5.41) is 0. The fourth-order valence-electron chi connectivity index (χ4n) is 3.98. The number of fused-ring (bicyclic) bond motifs is 2. The fourth-order valence-corrected chi connectivity index (χ4v) is 3.98. The fraction of sp³-hybridized carbons (Fsp3) is 0.650. The number of carbonyl (C=O) groups is 1. The molecule has 0 N–H and O–H groups in total. The zero-order valence-electron chi connectivity index (χ0n) is 15.0. The summed E-state index contributed by atoms with van der Waals surface area (Å²) >= 11 is 0. The van der Waals surface area contributed by atoms with Crippen LogP contribution >= 0.6 is 0 Å². The van der Waals surface area contributed by atoms with Crippen LogP contribution in [0.2, 0.25) is 0 Å². The van der Waals surface area contributed by atoms with E-state index in [0.717, 1.165) is 18.4 Å². The Morgan fingerprint density at radius 2 is 1.79 bits per heavy atom. The average Bonchev–Trinajstić information content (AvgIpc) is 2.77. The molecule has 2 bridgehead atoms. The van der Waals surface area contributed by atoms with Gasteiger partial charge in [0.1, 0.15) is 12.0 Å². The largest absolute Gasteiger partial charge is 0.462 e. The molecule has 2 heterocycles. The second-order valence-electron chi connectivity index (χ2n) is 7.43. The van der Waals surface area contributed by atoms with Crippen molar-refractivity contribution in [3.63, 3.8) is 0 Å². The maximum atomic E-state index is 12.8. The number of nitrogens with zero attached hydrogens (tertiary/aromatic N) is 1. The van der Waals surface area contributed by atoms with E-state index in [0.29, 0.717) is 18.7 Å². The third-order valence-corrected chi connectivity index (χ3v) is 5.42. The summed E-state index contributed by atoms with van der Waals surface area (Å²) in [6.45, 7) is 4.35. The highest BCUT2D eigenvalue weighted by atomic mass is 16.5. The highest BCUT2D eigenvalue weighted by Crippen LogP contribution is 2.36. The first-order valence-electron chi connectivity index (χ1n) is 9.13. The molecular formula is C20H29NO3. The molecule has 132 valence electrons. The minimum absolute atomic E-state index is 0.0523. The predicted octanol–water partition coefficient (Wildman–Crippen LogP) is 3.36. The molecule has 1 unspecified atom stereocenters. The summed E-state index contributed by atoms with van der Waals surface area (Å²) in [5.41, 5.74) is 0.971. The Kier molecular flexibility index (Phi) is 5.57. The molecule has 4 atom stereocenters. The van der Waals surface area contributed by atoms with Gasteiger partial charge in [-0.2, -0.15) is 0 Å². The molecule has 0 saturated carbocycles. The van der Waals surface area contributed by atoms with Crippen LogP contribution in [0.4, 0.5) is 0 Å². The molecule has 2 aliphatic heterocycles. The quantitative estimate of drug-likeness (QED) is 0.749. The lowest BCUT2D eigenvalue weighted by molar-refractivity contribution is -0.156. The van der Waals surface area contributed by atoms with Gasteiger partial charge in [0.2, 0.25) is 0 Å². The van der Waals surface area contributed by atoms with Crippen molar-refractivity contribution < 1.29 is 14.3 Å². The van der Waals surface area contributed by atoms with Crippen LogP contribution in [-0.4, -0.2) is 48.8 Å². The summed E-state index contributed by atoms with van der Waals surface area (Å²) in [6.07, 6.45) is 4.54. The molecule has 4 nitrogen and oxygen atoms in total. The normalized spacial score (nSPS) is 28.1.